The maximum Gasteiger partial charge on any atom is 0.265 e. The third-order valence-corrected chi connectivity index (χ3v) is 4.72. The van der Waals surface area contributed by atoms with Gasteiger partial charge in [-0.25, -0.2) is 10.3 Å². The molecule has 30 heavy (non-hydrogen) atoms. The Hall–Kier alpha value is -3.59. The van der Waals surface area contributed by atoms with Gasteiger partial charge in [-0.1, -0.05) is 0 Å². The first-order chi connectivity index (χ1) is 14.6. The molecule has 0 radical (unpaired) electrons. The Morgan fingerprint density at radius 1 is 1.10 bits per heavy atom. The van der Waals surface area contributed by atoms with Crippen molar-refractivity contribution in [2.24, 2.45) is 0 Å². The van der Waals surface area contributed by atoms with Crippen LogP contribution in [-0.4, -0.2) is 43.6 Å². The molecule has 0 aliphatic carbocycles. The Balaban J connectivity index is 1.39. The van der Waals surface area contributed by atoms with Gasteiger partial charge in [-0.05, 0) is 49.4 Å². The van der Waals surface area contributed by atoms with Crippen molar-refractivity contribution in [3.8, 4) is 17.2 Å². The smallest absolute Gasteiger partial charge is 0.265 e. The lowest BCUT2D eigenvalue weighted by atomic mass is 10.2. The van der Waals surface area contributed by atoms with Crippen molar-refractivity contribution in [1.82, 2.24) is 10.9 Å². The molecule has 0 aromatic heterocycles. The number of fused-ring (bicyclic) bond motifs is 1. The van der Waals surface area contributed by atoms with Crippen LogP contribution in [0.2, 0.25) is 0 Å². The first-order valence-electron chi connectivity index (χ1n) is 9.62. The number of carbonyl (C=O) groups is 3. The molecule has 0 spiro atoms. The standard InChI is InChI=1S/C21H21N3O6/c1-2-28-15-6-4-14(5-7-15)24-19(25)12-16(21(24)27)22-23-20(26)13-3-8-17-18(11-13)30-10-9-29-17/h3-8,11,16,22H,2,9-10,12H2,1H3,(H,23,26). The van der Waals surface area contributed by atoms with E-state index in [0.717, 1.165) is 4.90 Å². The van der Waals surface area contributed by atoms with Crippen molar-refractivity contribution in [3.05, 3.63) is 48.0 Å². The van der Waals surface area contributed by atoms with Gasteiger partial charge in [-0.2, -0.15) is 0 Å². The molecular formula is C21H21N3O6. The van der Waals surface area contributed by atoms with E-state index in [1.165, 1.54) is 0 Å². The summed E-state index contributed by atoms with van der Waals surface area (Å²) in [6.07, 6.45) is -0.0620. The second-order valence-corrected chi connectivity index (χ2v) is 6.71. The molecule has 1 saturated heterocycles. The van der Waals surface area contributed by atoms with Gasteiger partial charge in [0.05, 0.1) is 18.7 Å². The van der Waals surface area contributed by atoms with E-state index in [2.05, 4.69) is 10.9 Å². The number of nitrogens with zero attached hydrogens (tertiary/aromatic N) is 1. The second-order valence-electron chi connectivity index (χ2n) is 6.71. The second kappa shape index (κ2) is 8.42. The van der Waals surface area contributed by atoms with Gasteiger partial charge in [0.25, 0.3) is 11.8 Å². The van der Waals surface area contributed by atoms with E-state index in [0.29, 0.717) is 48.3 Å². The van der Waals surface area contributed by atoms with Crippen LogP contribution in [-0.2, 0) is 9.59 Å². The molecule has 0 bridgehead atoms. The van der Waals surface area contributed by atoms with Gasteiger partial charge in [0.2, 0.25) is 5.91 Å². The number of carbonyl (C=O) groups excluding carboxylic acids is 3. The molecule has 9 nitrogen and oxygen atoms in total. The fourth-order valence-electron chi connectivity index (χ4n) is 3.28. The number of amides is 3. The zero-order chi connectivity index (χ0) is 21.1. The molecular weight excluding hydrogens is 390 g/mol. The predicted molar refractivity (Wildman–Crippen MR) is 107 cm³/mol. The number of nitrogens with one attached hydrogen (secondary N) is 2. The minimum atomic E-state index is -0.856. The Morgan fingerprint density at radius 2 is 1.83 bits per heavy atom. The number of rotatable bonds is 6. The maximum absolute atomic E-state index is 12.7. The Bertz CT molecular complexity index is 975. The van der Waals surface area contributed by atoms with Crippen molar-refractivity contribution in [3.63, 3.8) is 0 Å². The van der Waals surface area contributed by atoms with Gasteiger partial charge in [0.1, 0.15) is 25.0 Å². The summed E-state index contributed by atoms with van der Waals surface area (Å²) in [7, 11) is 0. The lowest BCUT2D eigenvalue weighted by Crippen LogP contribution is -2.48. The zero-order valence-electron chi connectivity index (χ0n) is 16.3. The molecule has 2 N–H and O–H groups in total. The fourth-order valence-corrected chi connectivity index (χ4v) is 3.28. The molecule has 2 aromatic rings. The molecule has 1 atom stereocenters. The van der Waals surface area contributed by atoms with Gasteiger partial charge < -0.3 is 14.2 Å². The largest absolute Gasteiger partial charge is 0.494 e. The summed E-state index contributed by atoms with van der Waals surface area (Å²) in [4.78, 5) is 38.6. The molecule has 1 unspecified atom stereocenters. The minimum Gasteiger partial charge on any atom is -0.494 e. The van der Waals surface area contributed by atoms with Crippen molar-refractivity contribution >= 4 is 23.4 Å². The summed E-state index contributed by atoms with van der Waals surface area (Å²) in [5.74, 6) is 0.478. The number of hydrazine groups is 1. The Labute approximate surface area is 172 Å². The van der Waals surface area contributed by atoms with Crippen LogP contribution in [0.25, 0.3) is 0 Å². The van der Waals surface area contributed by atoms with Crippen LogP contribution in [0.3, 0.4) is 0 Å². The van der Waals surface area contributed by atoms with Crippen LogP contribution in [0.5, 0.6) is 17.2 Å². The highest BCUT2D eigenvalue weighted by atomic mass is 16.6. The normalized spacial score (nSPS) is 17.8. The van der Waals surface area contributed by atoms with Gasteiger partial charge in [-0.3, -0.25) is 19.8 Å². The first-order valence-corrected chi connectivity index (χ1v) is 9.62. The number of benzene rings is 2. The van der Waals surface area contributed by atoms with Gasteiger partial charge in [-0.15, -0.1) is 0 Å². The zero-order valence-corrected chi connectivity index (χ0v) is 16.3. The SMILES string of the molecule is CCOc1ccc(N2C(=O)CC(NNC(=O)c3ccc4c(c3)OCCO4)C2=O)cc1. The van der Waals surface area contributed by atoms with E-state index in [1.807, 2.05) is 6.92 Å². The molecule has 2 heterocycles. The minimum absolute atomic E-state index is 0.0620. The van der Waals surface area contributed by atoms with E-state index in [4.69, 9.17) is 14.2 Å². The average Bonchev–Trinajstić information content (AvgIpc) is 3.05. The molecule has 3 amide bonds. The van der Waals surface area contributed by atoms with E-state index in [1.54, 1.807) is 42.5 Å². The molecule has 9 heteroatoms. The van der Waals surface area contributed by atoms with Crippen molar-refractivity contribution in [2.75, 3.05) is 24.7 Å². The summed E-state index contributed by atoms with van der Waals surface area (Å²) in [6, 6.07) is 10.7. The van der Waals surface area contributed by atoms with Crippen LogP contribution in [0.4, 0.5) is 5.69 Å². The number of ether oxygens (including phenoxy) is 3. The van der Waals surface area contributed by atoms with E-state index >= 15 is 0 Å². The summed E-state index contributed by atoms with van der Waals surface area (Å²) >= 11 is 0. The van der Waals surface area contributed by atoms with Crippen LogP contribution >= 0.6 is 0 Å². The summed E-state index contributed by atoms with van der Waals surface area (Å²) in [5.41, 5.74) is 5.95. The highest BCUT2D eigenvalue weighted by molar-refractivity contribution is 6.22. The third-order valence-electron chi connectivity index (χ3n) is 4.72. The van der Waals surface area contributed by atoms with Crippen molar-refractivity contribution in [2.45, 2.75) is 19.4 Å². The van der Waals surface area contributed by atoms with Crippen LogP contribution in [0, 0.1) is 0 Å². The molecule has 0 saturated carbocycles. The lowest BCUT2D eigenvalue weighted by Gasteiger charge is -2.19. The van der Waals surface area contributed by atoms with E-state index in [9.17, 15) is 14.4 Å². The lowest BCUT2D eigenvalue weighted by molar-refractivity contribution is -0.121. The third kappa shape index (κ3) is 3.92. The van der Waals surface area contributed by atoms with E-state index < -0.39 is 17.9 Å². The van der Waals surface area contributed by atoms with Gasteiger partial charge in [0, 0.05) is 5.56 Å². The molecule has 156 valence electrons. The fraction of sp³-hybridized carbons (Fsp3) is 0.286. The quantitative estimate of drug-likeness (QED) is 0.547. The predicted octanol–water partition coefficient (Wildman–Crippen LogP) is 1.42. The van der Waals surface area contributed by atoms with Gasteiger partial charge in [0.15, 0.2) is 11.5 Å². The van der Waals surface area contributed by atoms with Crippen LogP contribution in [0.15, 0.2) is 42.5 Å². The summed E-state index contributed by atoms with van der Waals surface area (Å²) in [6.45, 7) is 3.27. The topological polar surface area (TPSA) is 106 Å². The summed E-state index contributed by atoms with van der Waals surface area (Å²) < 4.78 is 16.3. The van der Waals surface area contributed by atoms with Crippen molar-refractivity contribution in [1.29, 1.82) is 0 Å². The number of hydrogen-bond acceptors (Lipinski definition) is 7. The highest BCUT2D eigenvalue weighted by Gasteiger charge is 2.39. The number of imide groups is 1. The van der Waals surface area contributed by atoms with Crippen LogP contribution < -0.4 is 30.0 Å². The van der Waals surface area contributed by atoms with Crippen LogP contribution in [0.1, 0.15) is 23.7 Å². The first kappa shape index (κ1) is 19.7. The Morgan fingerprint density at radius 3 is 2.57 bits per heavy atom. The number of anilines is 1. The van der Waals surface area contributed by atoms with E-state index in [-0.39, 0.29) is 12.3 Å². The highest BCUT2D eigenvalue weighted by Crippen LogP contribution is 2.30. The average molecular weight is 411 g/mol. The molecule has 2 aromatic carbocycles. The number of hydrogen-bond donors (Lipinski definition) is 2. The monoisotopic (exact) mass is 411 g/mol. The van der Waals surface area contributed by atoms with Gasteiger partial charge >= 0.3 is 0 Å². The molecule has 2 aliphatic heterocycles. The molecule has 4 rings (SSSR count). The maximum atomic E-state index is 12.7. The summed E-state index contributed by atoms with van der Waals surface area (Å²) in [5, 5.41) is 0. The van der Waals surface area contributed by atoms with Crippen molar-refractivity contribution < 1.29 is 28.6 Å². The molecule has 2 aliphatic rings. The molecule has 1 fully saturated rings. The Kier molecular flexibility index (Phi) is 5.53.